The van der Waals surface area contributed by atoms with Crippen LogP contribution >= 0.6 is 0 Å². The lowest BCUT2D eigenvalue weighted by Crippen LogP contribution is -2.40. The third-order valence-electron chi connectivity index (χ3n) is 2.79. The number of carbonyl (C=O) groups excluding carboxylic acids is 2. The number of esters is 1. The molecule has 5 nitrogen and oxygen atoms in total. The van der Waals surface area contributed by atoms with Crippen molar-refractivity contribution in [1.29, 1.82) is 0 Å². The molecule has 1 rings (SSSR count). The van der Waals surface area contributed by atoms with E-state index in [1.54, 1.807) is 19.1 Å². The van der Waals surface area contributed by atoms with Crippen molar-refractivity contribution < 1.29 is 14.3 Å². The molecule has 1 aromatic rings. The molecule has 0 aliphatic carbocycles. The van der Waals surface area contributed by atoms with Gasteiger partial charge in [0.15, 0.2) is 0 Å². The lowest BCUT2D eigenvalue weighted by molar-refractivity contribution is -0.155. The highest BCUT2D eigenvalue weighted by Crippen LogP contribution is 2.28. The van der Waals surface area contributed by atoms with Gasteiger partial charge in [0.2, 0.25) is 5.91 Å². The normalized spacial score (nSPS) is 12.7. The van der Waals surface area contributed by atoms with E-state index in [0.29, 0.717) is 5.82 Å². The summed E-state index contributed by atoms with van der Waals surface area (Å²) in [5.74, 6) is -1.34. The van der Waals surface area contributed by atoms with Gasteiger partial charge in [0.25, 0.3) is 0 Å². The van der Waals surface area contributed by atoms with Crippen molar-refractivity contribution in [2.24, 2.45) is 11.3 Å². The van der Waals surface area contributed by atoms with Crippen molar-refractivity contribution >= 4 is 17.7 Å². The van der Waals surface area contributed by atoms with E-state index in [-0.39, 0.29) is 6.61 Å². The molecular formula is C15H22N2O3. The van der Waals surface area contributed by atoms with Crippen LogP contribution in [0.5, 0.6) is 0 Å². The molecule has 0 aliphatic heterocycles. The number of nitrogens with one attached hydrogen (secondary N) is 1. The standard InChI is InChI=1S/C15H22N2O3/c1-6-20-14(19)12(15(3,4)5)13(18)17-11-9-7-8-10(2)16-11/h7-9,12H,6H2,1-5H3,(H,16,17,18). The molecule has 1 aromatic heterocycles. The minimum atomic E-state index is -0.871. The molecule has 110 valence electrons. The Balaban J connectivity index is 2.92. The molecule has 1 amide bonds. The van der Waals surface area contributed by atoms with Crippen LogP contribution in [0.4, 0.5) is 5.82 Å². The van der Waals surface area contributed by atoms with Crippen LogP contribution < -0.4 is 5.32 Å². The van der Waals surface area contributed by atoms with Crippen LogP contribution in [0.3, 0.4) is 0 Å². The van der Waals surface area contributed by atoms with E-state index in [0.717, 1.165) is 5.69 Å². The maximum Gasteiger partial charge on any atom is 0.319 e. The fraction of sp³-hybridized carbons (Fsp3) is 0.533. The van der Waals surface area contributed by atoms with E-state index >= 15 is 0 Å². The van der Waals surface area contributed by atoms with Gasteiger partial charge >= 0.3 is 5.97 Å². The summed E-state index contributed by atoms with van der Waals surface area (Å²) in [6, 6.07) is 5.33. The molecule has 1 atom stereocenters. The van der Waals surface area contributed by atoms with Crippen LogP contribution in [0.2, 0.25) is 0 Å². The van der Waals surface area contributed by atoms with E-state index in [1.165, 1.54) is 0 Å². The molecule has 0 spiro atoms. The maximum absolute atomic E-state index is 12.3. The number of anilines is 1. The van der Waals surface area contributed by atoms with E-state index in [4.69, 9.17) is 4.74 Å². The third kappa shape index (κ3) is 4.33. The summed E-state index contributed by atoms with van der Waals surface area (Å²) >= 11 is 0. The highest BCUT2D eigenvalue weighted by atomic mass is 16.5. The summed E-state index contributed by atoms with van der Waals surface area (Å²) in [5.41, 5.74) is 0.270. The Morgan fingerprint density at radius 1 is 1.35 bits per heavy atom. The Labute approximate surface area is 119 Å². The minimum Gasteiger partial charge on any atom is -0.465 e. The molecule has 0 saturated heterocycles. The molecule has 0 bridgehead atoms. The van der Waals surface area contributed by atoms with E-state index < -0.39 is 23.2 Å². The Morgan fingerprint density at radius 3 is 2.50 bits per heavy atom. The molecule has 1 N–H and O–H groups in total. The van der Waals surface area contributed by atoms with Gasteiger partial charge in [-0.05, 0) is 31.4 Å². The van der Waals surface area contributed by atoms with Gasteiger partial charge in [-0.1, -0.05) is 26.8 Å². The van der Waals surface area contributed by atoms with E-state index in [9.17, 15) is 9.59 Å². The molecule has 0 aromatic carbocycles. The van der Waals surface area contributed by atoms with Crippen LogP contribution in [-0.2, 0) is 14.3 Å². The van der Waals surface area contributed by atoms with Crippen LogP contribution in [0.25, 0.3) is 0 Å². The van der Waals surface area contributed by atoms with Gasteiger partial charge in [0.1, 0.15) is 11.7 Å². The molecule has 5 heteroatoms. The quantitative estimate of drug-likeness (QED) is 0.679. The largest absolute Gasteiger partial charge is 0.465 e. The SMILES string of the molecule is CCOC(=O)C(C(=O)Nc1cccc(C)n1)C(C)(C)C. The first kappa shape index (κ1) is 16.1. The van der Waals surface area contributed by atoms with Crippen molar-refractivity contribution in [3.63, 3.8) is 0 Å². The number of aryl methyl sites for hydroxylation is 1. The number of hydrogen-bond donors (Lipinski definition) is 1. The van der Waals surface area contributed by atoms with Gasteiger partial charge in [-0.25, -0.2) is 4.98 Å². The number of nitrogens with zero attached hydrogens (tertiary/aromatic N) is 1. The maximum atomic E-state index is 12.3. The molecule has 20 heavy (non-hydrogen) atoms. The lowest BCUT2D eigenvalue weighted by Gasteiger charge is -2.27. The summed E-state index contributed by atoms with van der Waals surface area (Å²) < 4.78 is 4.99. The van der Waals surface area contributed by atoms with E-state index in [2.05, 4.69) is 10.3 Å². The highest BCUT2D eigenvalue weighted by molar-refractivity contribution is 6.05. The van der Waals surface area contributed by atoms with E-state index in [1.807, 2.05) is 33.8 Å². The highest BCUT2D eigenvalue weighted by Gasteiger charge is 2.39. The van der Waals surface area contributed by atoms with Crippen molar-refractivity contribution in [2.75, 3.05) is 11.9 Å². The summed E-state index contributed by atoms with van der Waals surface area (Å²) in [7, 11) is 0. The molecular weight excluding hydrogens is 256 g/mol. The van der Waals surface area contributed by atoms with Crippen molar-refractivity contribution in [1.82, 2.24) is 4.98 Å². The molecule has 0 fully saturated rings. The van der Waals surface area contributed by atoms with Crippen LogP contribution in [0, 0.1) is 18.3 Å². The molecule has 0 radical (unpaired) electrons. The van der Waals surface area contributed by atoms with Crippen LogP contribution in [0.1, 0.15) is 33.4 Å². The average molecular weight is 278 g/mol. The Kier molecular flexibility index (Phi) is 5.25. The molecule has 1 unspecified atom stereocenters. The second kappa shape index (κ2) is 6.50. The number of ether oxygens (including phenoxy) is 1. The zero-order valence-corrected chi connectivity index (χ0v) is 12.7. The minimum absolute atomic E-state index is 0.251. The second-order valence-electron chi connectivity index (χ2n) is 5.70. The second-order valence-corrected chi connectivity index (χ2v) is 5.70. The predicted octanol–water partition coefficient (Wildman–Crippen LogP) is 2.55. The monoisotopic (exact) mass is 278 g/mol. The third-order valence-corrected chi connectivity index (χ3v) is 2.79. The zero-order chi connectivity index (χ0) is 15.3. The number of carbonyl (C=O) groups is 2. The van der Waals surface area contributed by atoms with Crippen molar-refractivity contribution in [3.8, 4) is 0 Å². The number of amides is 1. The summed E-state index contributed by atoms with van der Waals surface area (Å²) in [6.07, 6.45) is 0. The predicted molar refractivity (Wildman–Crippen MR) is 77.2 cm³/mol. The van der Waals surface area contributed by atoms with Crippen LogP contribution in [0.15, 0.2) is 18.2 Å². The smallest absolute Gasteiger partial charge is 0.319 e. The van der Waals surface area contributed by atoms with Gasteiger partial charge in [-0.2, -0.15) is 0 Å². The number of hydrogen-bond acceptors (Lipinski definition) is 4. The molecule has 1 heterocycles. The zero-order valence-electron chi connectivity index (χ0n) is 12.7. The number of rotatable bonds is 4. The van der Waals surface area contributed by atoms with Crippen LogP contribution in [-0.4, -0.2) is 23.5 Å². The molecule has 0 aliphatic rings. The Bertz CT molecular complexity index is 492. The summed E-state index contributed by atoms with van der Waals surface area (Å²) in [5, 5.41) is 2.68. The van der Waals surface area contributed by atoms with Gasteiger partial charge in [0.05, 0.1) is 6.61 Å². The first-order valence-corrected chi connectivity index (χ1v) is 6.67. The number of pyridine rings is 1. The topological polar surface area (TPSA) is 68.3 Å². The fourth-order valence-electron chi connectivity index (χ4n) is 1.89. The van der Waals surface area contributed by atoms with Gasteiger partial charge in [0, 0.05) is 5.69 Å². The number of aromatic nitrogens is 1. The van der Waals surface area contributed by atoms with Gasteiger partial charge in [-0.3, -0.25) is 9.59 Å². The van der Waals surface area contributed by atoms with Crippen molar-refractivity contribution in [3.05, 3.63) is 23.9 Å². The Hall–Kier alpha value is -1.91. The first-order chi connectivity index (χ1) is 9.25. The fourth-order valence-corrected chi connectivity index (χ4v) is 1.89. The molecule has 0 saturated carbocycles. The van der Waals surface area contributed by atoms with Crippen molar-refractivity contribution in [2.45, 2.75) is 34.6 Å². The first-order valence-electron chi connectivity index (χ1n) is 6.67. The lowest BCUT2D eigenvalue weighted by atomic mass is 9.80. The Morgan fingerprint density at radius 2 is 2.00 bits per heavy atom. The van der Waals surface area contributed by atoms with Gasteiger partial charge < -0.3 is 10.1 Å². The average Bonchev–Trinajstić information content (AvgIpc) is 2.26. The summed E-state index contributed by atoms with van der Waals surface area (Å²) in [4.78, 5) is 28.5. The summed E-state index contributed by atoms with van der Waals surface area (Å²) in [6.45, 7) is 9.30. The van der Waals surface area contributed by atoms with Gasteiger partial charge in [-0.15, -0.1) is 0 Å².